The van der Waals surface area contributed by atoms with Crippen LogP contribution >= 0.6 is 0 Å². The van der Waals surface area contributed by atoms with E-state index in [4.69, 9.17) is 0 Å². The third-order valence-corrected chi connectivity index (χ3v) is 27.1. The Kier molecular flexibility index (Phi) is 18.9. The Balaban J connectivity index is 0.000000142. The molecular formula is C128H84N4. The summed E-state index contributed by atoms with van der Waals surface area (Å²) < 4.78 is 4.76. The van der Waals surface area contributed by atoms with Crippen LogP contribution in [0.1, 0.15) is 0 Å². The quantitative estimate of drug-likeness (QED) is 0.101. The third-order valence-electron chi connectivity index (χ3n) is 27.1. The van der Waals surface area contributed by atoms with Crippen LogP contribution in [0, 0.1) is 0 Å². The number of fused-ring (bicyclic) bond motifs is 14. The highest BCUT2D eigenvalue weighted by atomic mass is 15.1. The zero-order valence-corrected chi connectivity index (χ0v) is 72.3. The van der Waals surface area contributed by atoms with Gasteiger partial charge in [-0.1, -0.05) is 370 Å². The summed E-state index contributed by atoms with van der Waals surface area (Å²) in [5, 5.41) is 24.9. The summed E-state index contributed by atoms with van der Waals surface area (Å²) in [6, 6.07) is 187. The van der Waals surface area contributed by atoms with Gasteiger partial charge in [0.05, 0.1) is 22.1 Å². The van der Waals surface area contributed by atoms with Gasteiger partial charge in [-0.15, -0.1) is 0 Å². The fraction of sp³-hybridized carbons (Fsp3) is 0. The van der Waals surface area contributed by atoms with Gasteiger partial charge < -0.3 is 18.9 Å². The Bertz CT molecular complexity index is 8870. The Morgan fingerprint density at radius 1 is 0.129 bits per heavy atom. The van der Waals surface area contributed by atoms with E-state index < -0.39 is 0 Å². The number of hydrogen-bond donors (Lipinski definition) is 0. The molecule has 4 nitrogen and oxygen atoms in total. The molecule has 0 aliphatic heterocycles. The molecule has 0 aliphatic rings. The summed E-state index contributed by atoms with van der Waals surface area (Å²) in [5.74, 6) is 0. The van der Waals surface area contributed by atoms with Crippen LogP contribution in [0.25, 0.3) is 208 Å². The number of anilines is 6. The lowest BCUT2D eigenvalue weighted by molar-refractivity contribution is 1.18. The zero-order valence-electron chi connectivity index (χ0n) is 72.3. The standard InChI is InChI=1S/2C64H42N2/c1-2-18-51(19-3-1)66-61-25-13-12-20-55(61)60-42-54(38-39-62(60)66)65(52-34-30-45(31-35-52)49-28-26-43-14-4-6-16-47(43)40-49)53-36-32-46(33-37-53)63-56-21-8-10-23-58(56)64(59-24-11-9-22-57(59)63)50-29-27-44-15-5-7-17-48(44)41-50;1-2-19-49(20-3-1)66-61-28-13-12-22-54(61)60-42-52(39-40-62(60)66)65(50-35-31-44(32-36-50)48-30-29-43-15-4-5-17-47(43)41-48)51-37-33-46(34-38-51)63-56-23-8-10-25-58(56)64(59-26-11-9-24-57(59)63)55-27-14-18-45-16-6-7-21-53(45)55/h2*1-42H. The van der Waals surface area contributed by atoms with Crippen molar-refractivity contribution in [3.05, 3.63) is 510 Å². The predicted molar refractivity (Wildman–Crippen MR) is 564 cm³/mol. The average Bonchev–Trinajstić information content (AvgIpc) is 1.00. The largest absolute Gasteiger partial charge is 0.310 e. The number of rotatable bonds is 14. The first-order chi connectivity index (χ1) is 65.5. The van der Waals surface area contributed by atoms with Gasteiger partial charge in [0.25, 0.3) is 0 Å². The minimum absolute atomic E-state index is 1.09. The van der Waals surface area contributed by atoms with Crippen molar-refractivity contribution < 1.29 is 0 Å². The molecule has 616 valence electrons. The van der Waals surface area contributed by atoms with E-state index in [0.29, 0.717) is 0 Å². The molecule has 26 aromatic rings. The first kappa shape index (κ1) is 76.9. The number of hydrogen-bond acceptors (Lipinski definition) is 2. The predicted octanol–water partition coefficient (Wildman–Crippen LogP) is 35.7. The third kappa shape index (κ3) is 13.4. The maximum Gasteiger partial charge on any atom is 0.0542 e. The molecule has 0 bridgehead atoms. The Morgan fingerprint density at radius 2 is 0.386 bits per heavy atom. The number of benzene rings is 24. The Labute approximate surface area is 765 Å². The lowest BCUT2D eigenvalue weighted by Gasteiger charge is -2.26. The summed E-state index contributed by atoms with van der Waals surface area (Å²) in [6.45, 7) is 0. The van der Waals surface area contributed by atoms with Crippen molar-refractivity contribution in [3.8, 4) is 78.1 Å². The fourth-order valence-corrected chi connectivity index (χ4v) is 21.0. The van der Waals surface area contributed by atoms with Gasteiger partial charge in [0.15, 0.2) is 0 Å². The molecule has 0 atom stereocenters. The highest BCUT2D eigenvalue weighted by Crippen LogP contribution is 2.51. The fourth-order valence-electron chi connectivity index (χ4n) is 21.0. The molecule has 2 heterocycles. The van der Waals surface area contributed by atoms with Crippen molar-refractivity contribution in [2.45, 2.75) is 0 Å². The van der Waals surface area contributed by atoms with Gasteiger partial charge in [-0.25, -0.2) is 0 Å². The lowest BCUT2D eigenvalue weighted by Crippen LogP contribution is -2.10. The van der Waals surface area contributed by atoms with Crippen molar-refractivity contribution in [3.63, 3.8) is 0 Å². The summed E-state index contributed by atoms with van der Waals surface area (Å²) >= 11 is 0. The van der Waals surface area contributed by atoms with Crippen LogP contribution in [0.15, 0.2) is 510 Å². The zero-order chi connectivity index (χ0) is 87.1. The second kappa shape index (κ2) is 32.5. The molecule has 0 spiro atoms. The second-order valence-electron chi connectivity index (χ2n) is 34.5. The molecule has 24 aromatic carbocycles. The van der Waals surface area contributed by atoms with Gasteiger partial charge in [0.1, 0.15) is 0 Å². The van der Waals surface area contributed by atoms with E-state index >= 15 is 0 Å². The Morgan fingerprint density at radius 3 is 0.765 bits per heavy atom. The van der Waals surface area contributed by atoms with Crippen molar-refractivity contribution in [1.82, 2.24) is 9.13 Å². The van der Waals surface area contributed by atoms with Crippen LogP contribution in [0.5, 0.6) is 0 Å². The molecule has 132 heavy (non-hydrogen) atoms. The monoisotopic (exact) mass is 1680 g/mol. The van der Waals surface area contributed by atoms with Gasteiger partial charge in [-0.2, -0.15) is 0 Å². The van der Waals surface area contributed by atoms with E-state index in [9.17, 15) is 0 Å². The summed E-state index contributed by atoms with van der Waals surface area (Å²) in [6.07, 6.45) is 0. The summed E-state index contributed by atoms with van der Waals surface area (Å²) in [4.78, 5) is 4.81. The van der Waals surface area contributed by atoms with E-state index in [0.717, 1.165) is 45.5 Å². The lowest BCUT2D eigenvalue weighted by atomic mass is 9.85. The molecule has 0 aliphatic carbocycles. The molecule has 0 N–H and O–H groups in total. The molecule has 0 saturated heterocycles. The number of aromatic nitrogens is 2. The van der Waals surface area contributed by atoms with Gasteiger partial charge in [0.2, 0.25) is 0 Å². The molecule has 0 radical (unpaired) electrons. The van der Waals surface area contributed by atoms with Gasteiger partial charge in [-0.05, 0) is 292 Å². The first-order valence-corrected chi connectivity index (χ1v) is 45.5. The highest BCUT2D eigenvalue weighted by Gasteiger charge is 2.25. The number of nitrogens with zero attached hydrogens (tertiary/aromatic N) is 4. The minimum atomic E-state index is 1.09. The Hall–Kier alpha value is -17.4. The van der Waals surface area contributed by atoms with Crippen LogP contribution < -0.4 is 9.80 Å². The SMILES string of the molecule is c1ccc(-n2c3ccccc3c3cc(N(c4ccc(-c5ccc6ccccc6c5)cc4)c4ccc(-c5c6ccccc6c(-c6ccc7ccccc7c6)c6ccccc56)cc4)ccc32)cc1.c1ccc(-n2c3ccccc3c3cc(N(c4ccc(-c5ccc6ccccc6c5)cc4)c4ccc(-c5c6ccccc6c(-c6cccc7ccccc67)c6ccccc56)cc4)ccc32)cc1. The first-order valence-electron chi connectivity index (χ1n) is 45.5. The van der Waals surface area contributed by atoms with E-state index in [1.165, 1.54) is 197 Å². The van der Waals surface area contributed by atoms with Crippen LogP contribution in [0.2, 0.25) is 0 Å². The minimum Gasteiger partial charge on any atom is -0.310 e. The molecule has 4 heteroatoms. The average molecular weight is 1680 g/mol. The van der Waals surface area contributed by atoms with Crippen LogP contribution in [0.3, 0.4) is 0 Å². The van der Waals surface area contributed by atoms with Gasteiger partial charge >= 0.3 is 0 Å². The number of para-hydroxylation sites is 4. The van der Waals surface area contributed by atoms with Crippen molar-refractivity contribution in [2.75, 3.05) is 9.80 Å². The topological polar surface area (TPSA) is 16.3 Å². The van der Waals surface area contributed by atoms with E-state index in [-0.39, 0.29) is 0 Å². The molecule has 0 unspecified atom stereocenters. The van der Waals surface area contributed by atoms with E-state index in [2.05, 4.69) is 529 Å². The maximum atomic E-state index is 2.40. The van der Waals surface area contributed by atoms with E-state index in [1.54, 1.807) is 0 Å². The molecule has 2 aromatic heterocycles. The molecule has 0 amide bonds. The van der Waals surface area contributed by atoms with Crippen LogP contribution in [0.4, 0.5) is 34.1 Å². The summed E-state index contributed by atoms with van der Waals surface area (Å²) in [5.41, 5.74) is 28.3. The normalized spacial score (nSPS) is 11.6. The maximum absolute atomic E-state index is 2.40. The van der Waals surface area contributed by atoms with Gasteiger partial charge in [0, 0.05) is 67.0 Å². The van der Waals surface area contributed by atoms with Gasteiger partial charge in [-0.3, -0.25) is 0 Å². The molecular weight excluding hydrogens is 1590 g/mol. The van der Waals surface area contributed by atoms with Crippen LogP contribution in [-0.2, 0) is 0 Å². The molecule has 0 saturated carbocycles. The van der Waals surface area contributed by atoms with Crippen molar-refractivity contribution in [2.24, 2.45) is 0 Å². The highest BCUT2D eigenvalue weighted by molar-refractivity contribution is 6.25. The van der Waals surface area contributed by atoms with Crippen molar-refractivity contribution in [1.29, 1.82) is 0 Å². The van der Waals surface area contributed by atoms with Crippen molar-refractivity contribution >= 4 is 164 Å². The summed E-state index contributed by atoms with van der Waals surface area (Å²) in [7, 11) is 0. The van der Waals surface area contributed by atoms with Crippen LogP contribution in [-0.4, -0.2) is 9.13 Å². The second-order valence-corrected chi connectivity index (χ2v) is 34.5. The molecule has 0 fully saturated rings. The molecule has 26 rings (SSSR count). The smallest absolute Gasteiger partial charge is 0.0542 e. The van der Waals surface area contributed by atoms with E-state index in [1.807, 2.05) is 0 Å².